The van der Waals surface area contributed by atoms with Crippen LogP contribution in [0.15, 0.2) is 42.5 Å². The van der Waals surface area contributed by atoms with Crippen LogP contribution in [-0.4, -0.2) is 26.0 Å². The molecular formula is C19H23ClFN2O+. The Morgan fingerprint density at radius 2 is 1.96 bits per heavy atom. The zero-order valence-corrected chi connectivity index (χ0v) is 14.8. The van der Waals surface area contributed by atoms with Crippen LogP contribution in [0.4, 0.5) is 4.39 Å². The third kappa shape index (κ3) is 5.32. The number of carbonyl (C=O) groups is 1. The fourth-order valence-corrected chi connectivity index (χ4v) is 2.86. The molecule has 0 saturated carbocycles. The number of benzene rings is 2. The highest BCUT2D eigenvalue weighted by Crippen LogP contribution is 2.17. The SMILES string of the molecule is Cc1ccccc1CCNC(=O)C[NH+](C)Cc1c(F)cccc1Cl. The molecule has 0 saturated heterocycles. The topological polar surface area (TPSA) is 33.5 Å². The number of aryl methyl sites for hydroxylation is 1. The molecule has 1 amide bonds. The Hall–Kier alpha value is -1.91. The molecule has 2 aromatic rings. The Balaban J connectivity index is 1.79. The molecule has 0 bridgehead atoms. The van der Waals surface area contributed by atoms with E-state index in [4.69, 9.17) is 11.6 Å². The van der Waals surface area contributed by atoms with E-state index in [2.05, 4.69) is 24.4 Å². The van der Waals surface area contributed by atoms with Crippen LogP contribution < -0.4 is 10.2 Å². The van der Waals surface area contributed by atoms with Gasteiger partial charge in [0.25, 0.3) is 5.91 Å². The van der Waals surface area contributed by atoms with E-state index in [1.807, 2.05) is 19.2 Å². The summed E-state index contributed by atoms with van der Waals surface area (Å²) >= 11 is 6.02. The standard InChI is InChI=1S/C19H22ClFN2O/c1-14-6-3-4-7-15(14)10-11-22-19(24)13-23(2)12-16-17(20)8-5-9-18(16)21/h3-9H,10-13H2,1-2H3,(H,22,24)/p+1. The first-order valence-electron chi connectivity index (χ1n) is 8.02. The van der Waals surface area contributed by atoms with E-state index < -0.39 is 0 Å². The summed E-state index contributed by atoms with van der Waals surface area (Å²) in [7, 11) is 1.85. The third-order valence-electron chi connectivity index (χ3n) is 3.98. The zero-order chi connectivity index (χ0) is 17.5. The maximum Gasteiger partial charge on any atom is 0.275 e. The van der Waals surface area contributed by atoms with E-state index in [0.29, 0.717) is 23.7 Å². The third-order valence-corrected chi connectivity index (χ3v) is 4.33. The van der Waals surface area contributed by atoms with E-state index in [1.54, 1.807) is 12.1 Å². The molecule has 2 aromatic carbocycles. The van der Waals surface area contributed by atoms with E-state index in [1.165, 1.54) is 17.2 Å². The molecule has 3 nitrogen and oxygen atoms in total. The van der Waals surface area contributed by atoms with Gasteiger partial charge in [-0.25, -0.2) is 4.39 Å². The van der Waals surface area contributed by atoms with Crippen LogP contribution >= 0.6 is 11.6 Å². The lowest BCUT2D eigenvalue weighted by Crippen LogP contribution is -3.09. The van der Waals surface area contributed by atoms with E-state index in [9.17, 15) is 9.18 Å². The number of likely N-dealkylation sites (N-methyl/N-ethyl adjacent to an activating group) is 1. The molecule has 0 radical (unpaired) electrons. The van der Waals surface area contributed by atoms with Gasteiger partial charge in [0, 0.05) is 6.54 Å². The molecule has 0 heterocycles. The van der Waals surface area contributed by atoms with Gasteiger partial charge in [-0.05, 0) is 36.6 Å². The molecule has 2 N–H and O–H groups in total. The van der Waals surface area contributed by atoms with Crippen LogP contribution in [0.3, 0.4) is 0 Å². The summed E-state index contributed by atoms with van der Waals surface area (Å²) in [6, 6.07) is 12.8. The lowest BCUT2D eigenvalue weighted by Gasteiger charge is -2.15. The van der Waals surface area contributed by atoms with Gasteiger partial charge >= 0.3 is 0 Å². The van der Waals surface area contributed by atoms with Gasteiger partial charge in [0.05, 0.1) is 17.6 Å². The van der Waals surface area contributed by atoms with Crippen molar-refractivity contribution in [2.24, 2.45) is 0 Å². The molecule has 1 unspecified atom stereocenters. The second kappa shape index (κ2) is 8.81. The van der Waals surface area contributed by atoms with Gasteiger partial charge in [-0.15, -0.1) is 0 Å². The largest absolute Gasteiger partial charge is 0.351 e. The van der Waals surface area contributed by atoms with Gasteiger partial charge in [-0.1, -0.05) is 41.9 Å². The number of quaternary nitrogens is 1. The highest BCUT2D eigenvalue weighted by Gasteiger charge is 2.15. The molecule has 0 aliphatic rings. The molecule has 0 aliphatic heterocycles. The Kier molecular flexibility index (Phi) is 6.76. The van der Waals surface area contributed by atoms with Gasteiger partial charge < -0.3 is 10.2 Å². The molecule has 24 heavy (non-hydrogen) atoms. The summed E-state index contributed by atoms with van der Waals surface area (Å²) in [5.41, 5.74) is 2.91. The molecule has 2 rings (SSSR count). The van der Waals surface area contributed by atoms with Gasteiger partial charge in [0.2, 0.25) is 0 Å². The summed E-state index contributed by atoms with van der Waals surface area (Å²) in [5, 5.41) is 3.32. The van der Waals surface area contributed by atoms with Crippen molar-refractivity contribution in [1.82, 2.24) is 5.32 Å². The highest BCUT2D eigenvalue weighted by molar-refractivity contribution is 6.31. The first-order valence-corrected chi connectivity index (χ1v) is 8.40. The van der Waals surface area contributed by atoms with Crippen molar-refractivity contribution in [3.05, 3.63) is 70.0 Å². The second-order valence-corrected chi connectivity index (χ2v) is 6.44. The van der Waals surface area contributed by atoms with Crippen molar-refractivity contribution in [3.63, 3.8) is 0 Å². The van der Waals surface area contributed by atoms with Crippen molar-refractivity contribution in [2.45, 2.75) is 19.9 Å². The smallest absolute Gasteiger partial charge is 0.275 e. The highest BCUT2D eigenvalue weighted by atomic mass is 35.5. The normalized spacial score (nSPS) is 12.0. The van der Waals surface area contributed by atoms with Crippen LogP contribution in [0.2, 0.25) is 5.02 Å². The van der Waals surface area contributed by atoms with Crippen molar-refractivity contribution >= 4 is 17.5 Å². The predicted molar refractivity (Wildman–Crippen MR) is 94.8 cm³/mol. The quantitative estimate of drug-likeness (QED) is 0.789. The number of amides is 1. The minimum absolute atomic E-state index is 0.0476. The average Bonchev–Trinajstić information content (AvgIpc) is 2.53. The van der Waals surface area contributed by atoms with Crippen molar-refractivity contribution in [1.29, 1.82) is 0 Å². The molecule has 0 spiro atoms. The average molecular weight is 350 g/mol. The number of hydrogen-bond acceptors (Lipinski definition) is 1. The molecule has 1 atom stereocenters. The number of halogens is 2. The van der Waals surface area contributed by atoms with Crippen LogP contribution in [0.25, 0.3) is 0 Å². The Labute approximate surface area is 147 Å². The summed E-state index contributed by atoms with van der Waals surface area (Å²) in [6.07, 6.45) is 0.802. The summed E-state index contributed by atoms with van der Waals surface area (Å²) in [5.74, 6) is -0.379. The van der Waals surface area contributed by atoms with Crippen LogP contribution in [-0.2, 0) is 17.8 Å². The summed E-state index contributed by atoms with van der Waals surface area (Å²) in [4.78, 5) is 12.9. The van der Waals surface area contributed by atoms with Crippen LogP contribution in [0.1, 0.15) is 16.7 Å². The Morgan fingerprint density at radius 1 is 1.21 bits per heavy atom. The molecule has 5 heteroatoms. The Bertz CT molecular complexity index is 685. The van der Waals surface area contributed by atoms with E-state index in [0.717, 1.165) is 11.3 Å². The lowest BCUT2D eigenvalue weighted by molar-refractivity contribution is -0.885. The molecule has 0 fully saturated rings. The summed E-state index contributed by atoms with van der Waals surface area (Å²) in [6.45, 7) is 3.31. The molecule has 0 aromatic heterocycles. The molecule has 128 valence electrons. The van der Waals surface area contributed by atoms with Gasteiger partial charge in [0.15, 0.2) is 6.54 Å². The van der Waals surface area contributed by atoms with Gasteiger partial charge in [-0.3, -0.25) is 4.79 Å². The summed E-state index contributed by atoms with van der Waals surface area (Å²) < 4.78 is 13.8. The zero-order valence-electron chi connectivity index (χ0n) is 14.0. The fraction of sp³-hybridized carbons (Fsp3) is 0.316. The minimum atomic E-state index is -0.332. The fourth-order valence-electron chi connectivity index (χ4n) is 2.63. The maximum absolute atomic E-state index is 13.8. The number of hydrogen-bond donors (Lipinski definition) is 2. The van der Waals surface area contributed by atoms with Crippen molar-refractivity contribution in [3.8, 4) is 0 Å². The first-order chi connectivity index (χ1) is 11.5. The molecule has 0 aliphatic carbocycles. The Morgan fingerprint density at radius 3 is 2.67 bits per heavy atom. The second-order valence-electron chi connectivity index (χ2n) is 6.04. The van der Waals surface area contributed by atoms with Gasteiger partial charge in [0.1, 0.15) is 12.4 Å². The van der Waals surface area contributed by atoms with Crippen LogP contribution in [0, 0.1) is 12.7 Å². The predicted octanol–water partition coefficient (Wildman–Crippen LogP) is 2.16. The monoisotopic (exact) mass is 349 g/mol. The number of carbonyl (C=O) groups excluding carboxylic acids is 1. The lowest BCUT2D eigenvalue weighted by atomic mass is 10.1. The van der Waals surface area contributed by atoms with Crippen molar-refractivity contribution < 1.29 is 14.1 Å². The van der Waals surface area contributed by atoms with E-state index in [-0.39, 0.29) is 18.3 Å². The minimum Gasteiger partial charge on any atom is -0.351 e. The molecular weight excluding hydrogens is 327 g/mol. The van der Waals surface area contributed by atoms with Crippen molar-refractivity contribution in [2.75, 3.05) is 20.1 Å². The van der Waals surface area contributed by atoms with E-state index >= 15 is 0 Å². The first kappa shape index (κ1) is 18.4. The van der Waals surface area contributed by atoms with Gasteiger partial charge in [-0.2, -0.15) is 0 Å². The van der Waals surface area contributed by atoms with Crippen LogP contribution in [0.5, 0.6) is 0 Å². The number of nitrogens with one attached hydrogen (secondary N) is 2. The number of rotatable bonds is 7. The maximum atomic E-state index is 13.8.